The fourth-order valence-electron chi connectivity index (χ4n) is 1.45. The molecule has 0 aliphatic carbocycles. The summed E-state index contributed by atoms with van der Waals surface area (Å²) in [5.74, 6) is 0.295. The molecule has 0 spiro atoms. The Morgan fingerprint density at radius 1 is 1.32 bits per heavy atom. The van der Waals surface area contributed by atoms with Gasteiger partial charge in [0.05, 0.1) is 16.2 Å². The third-order valence-corrected chi connectivity index (χ3v) is 3.29. The highest BCUT2D eigenvalue weighted by Gasteiger charge is 2.15. The van der Waals surface area contributed by atoms with E-state index in [1.165, 1.54) is 19.4 Å². The Morgan fingerprint density at radius 2 is 2.05 bits per heavy atom. The monoisotopic (exact) mass is 370 g/mol. The largest absolute Gasteiger partial charge is 0.465 e. The van der Waals surface area contributed by atoms with E-state index in [-0.39, 0.29) is 17.1 Å². The number of para-hydroxylation sites is 1. The maximum absolute atomic E-state index is 11.5. The Labute approximate surface area is 123 Å². The molecule has 0 fully saturated rings. The zero-order chi connectivity index (χ0) is 13.8. The molecule has 1 aromatic heterocycles. The molecule has 0 radical (unpaired) electrons. The van der Waals surface area contributed by atoms with Crippen molar-refractivity contribution in [1.82, 2.24) is 4.98 Å². The smallest absolute Gasteiger partial charge is 0.340 e. The van der Waals surface area contributed by atoms with Crippen molar-refractivity contribution in [2.45, 2.75) is 0 Å². The number of carbonyl (C=O) groups is 1. The van der Waals surface area contributed by atoms with Crippen LogP contribution in [-0.2, 0) is 4.74 Å². The number of hydrogen-bond donors (Lipinski definition) is 1. The molecule has 0 atom stereocenters. The number of aromatic nitrogens is 1. The van der Waals surface area contributed by atoms with Crippen molar-refractivity contribution in [2.75, 3.05) is 12.8 Å². The summed E-state index contributed by atoms with van der Waals surface area (Å²) in [4.78, 5) is 15.6. The molecule has 0 aliphatic heterocycles. The van der Waals surface area contributed by atoms with Crippen LogP contribution in [0.25, 0.3) is 0 Å². The summed E-state index contributed by atoms with van der Waals surface area (Å²) in [6.45, 7) is 0. The van der Waals surface area contributed by atoms with E-state index >= 15 is 0 Å². The lowest BCUT2D eigenvalue weighted by atomic mass is 10.2. The minimum absolute atomic E-state index is 0.161. The molecule has 2 aromatic rings. The van der Waals surface area contributed by atoms with Gasteiger partial charge in [0.2, 0.25) is 5.88 Å². The van der Waals surface area contributed by atoms with Gasteiger partial charge in [-0.25, -0.2) is 9.78 Å². The topological polar surface area (TPSA) is 74.4 Å². The second-order valence-corrected chi connectivity index (χ2v) is 4.76. The Kier molecular flexibility index (Phi) is 4.20. The van der Waals surface area contributed by atoms with E-state index in [0.29, 0.717) is 5.75 Å². The molecule has 98 valence electrons. The Balaban J connectivity index is 2.37. The number of anilines is 1. The number of methoxy groups -OCH3 is 1. The van der Waals surface area contributed by atoms with Crippen molar-refractivity contribution in [3.05, 3.63) is 45.7 Å². The third-order valence-electron chi connectivity index (χ3n) is 2.40. The van der Waals surface area contributed by atoms with Crippen molar-refractivity contribution < 1.29 is 14.3 Å². The first-order valence-corrected chi connectivity index (χ1v) is 6.46. The number of rotatable bonds is 3. The second-order valence-electron chi connectivity index (χ2n) is 3.60. The van der Waals surface area contributed by atoms with Gasteiger partial charge in [-0.05, 0) is 40.8 Å². The standard InChI is InChI=1S/C13H11IN2O3/c1-18-13(17)8-6-7-16-12(11(8)15)19-10-5-3-2-4-9(10)14/h2-7H,15H2,1H3. The zero-order valence-corrected chi connectivity index (χ0v) is 12.2. The zero-order valence-electron chi connectivity index (χ0n) is 10.1. The molecular formula is C13H11IN2O3. The van der Waals surface area contributed by atoms with Gasteiger partial charge in [0.15, 0.2) is 0 Å². The number of carbonyl (C=O) groups excluding carboxylic acids is 1. The van der Waals surface area contributed by atoms with Gasteiger partial charge in [-0.3, -0.25) is 0 Å². The maximum atomic E-state index is 11.5. The summed E-state index contributed by atoms with van der Waals surface area (Å²) >= 11 is 2.14. The third kappa shape index (κ3) is 2.95. The van der Waals surface area contributed by atoms with Crippen LogP contribution in [0.1, 0.15) is 10.4 Å². The minimum atomic E-state index is -0.521. The molecule has 2 rings (SSSR count). The van der Waals surface area contributed by atoms with Gasteiger partial charge < -0.3 is 15.2 Å². The van der Waals surface area contributed by atoms with E-state index in [2.05, 4.69) is 32.3 Å². The summed E-state index contributed by atoms with van der Waals surface area (Å²) in [7, 11) is 1.29. The van der Waals surface area contributed by atoms with E-state index in [1.807, 2.05) is 18.2 Å². The number of pyridine rings is 1. The number of hydrogen-bond acceptors (Lipinski definition) is 5. The van der Waals surface area contributed by atoms with Crippen molar-refractivity contribution in [3.63, 3.8) is 0 Å². The highest BCUT2D eigenvalue weighted by Crippen LogP contribution is 2.30. The Hall–Kier alpha value is -1.83. The summed E-state index contributed by atoms with van der Waals surface area (Å²) in [6.07, 6.45) is 1.45. The van der Waals surface area contributed by atoms with Crippen LogP contribution in [0, 0.1) is 3.57 Å². The van der Waals surface area contributed by atoms with Crippen LogP contribution in [0.2, 0.25) is 0 Å². The van der Waals surface area contributed by atoms with Gasteiger partial charge in [-0.1, -0.05) is 12.1 Å². The lowest BCUT2D eigenvalue weighted by Crippen LogP contribution is -2.07. The molecule has 6 heteroatoms. The fourth-order valence-corrected chi connectivity index (χ4v) is 1.95. The highest BCUT2D eigenvalue weighted by molar-refractivity contribution is 14.1. The molecule has 1 aromatic carbocycles. The fraction of sp³-hybridized carbons (Fsp3) is 0.0769. The van der Waals surface area contributed by atoms with E-state index in [1.54, 1.807) is 6.07 Å². The number of ether oxygens (including phenoxy) is 2. The van der Waals surface area contributed by atoms with E-state index in [9.17, 15) is 4.79 Å². The van der Waals surface area contributed by atoms with Crippen molar-refractivity contribution >= 4 is 34.2 Å². The Morgan fingerprint density at radius 3 is 2.74 bits per heavy atom. The normalized spacial score (nSPS) is 10.0. The average molecular weight is 370 g/mol. The predicted octanol–water partition coefficient (Wildman–Crippen LogP) is 2.85. The van der Waals surface area contributed by atoms with Crippen LogP contribution in [0.15, 0.2) is 36.5 Å². The molecule has 19 heavy (non-hydrogen) atoms. The Bertz CT molecular complexity index is 617. The summed E-state index contributed by atoms with van der Waals surface area (Å²) in [6, 6.07) is 8.93. The molecule has 0 amide bonds. The number of benzene rings is 1. The number of esters is 1. The van der Waals surface area contributed by atoms with Gasteiger partial charge in [0.25, 0.3) is 0 Å². The van der Waals surface area contributed by atoms with Crippen LogP contribution in [0.4, 0.5) is 5.69 Å². The molecule has 0 saturated heterocycles. The van der Waals surface area contributed by atoms with Crippen molar-refractivity contribution in [2.24, 2.45) is 0 Å². The minimum Gasteiger partial charge on any atom is -0.465 e. The summed E-state index contributed by atoms with van der Waals surface area (Å²) < 4.78 is 11.2. The molecule has 2 N–H and O–H groups in total. The molecular weight excluding hydrogens is 359 g/mol. The van der Waals surface area contributed by atoms with Crippen molar-refractivity contribution in [3.8, 4) is 11.6 Å². The highest BCUT2D eigenvalue weighted by atomic mass is 127. The van der Waals surface area contributed by atoms with Gasteiger partial charge in [0.1, 0.15) is 11.4 Å². The molecule has 1 heterocycles. The van der Waals surface area contributed by atoms with E-state index in [0.717, 1.165) is 3.57 Å². The average Bonchev–Trinajstić information content (AvgIpc) is 2.42. The number of nitrogens with two attached hydrogens (primary N) is 1. The molecule has 0 aliphatic rings. The molecule has 0 bridgehead atoms. The molecule has 0 saturated carbocycles. The summed E-state index contributed by atoms with van der Waals surface area (Å²) in [5, 5.41) is 0. The molecule has 5 nitrogen and oxygen atoms in total. The van der Waals surface area contributed by atoms with Gasteiger partial charge in [-0.15, -0.1) is 0 Å². The summed E-state index contributed by atoms with van der Waals surface area (Å²) in [5.41, 5.74) is 6.26. The first-order chi connectivity index (χ1) is 9.13. The second kappa shape index (κ2) is 5.87. The quantitative estimate of drug-likeness (QED) is 0.665. The van der Waals surface area contributed by atoms with Crippen LogP contribution >= 0.6 is 22.6 Å². The first kappa shape index (κ1) is 13.6. The van der Waals surface area contributed by atoms with Gasteiger partial charge >= 0.3 is 5.97 Å². The maximum Gasteiger partial charge on any atom is 0.340 e. The van der Waals surface area contributed by atoms with Crippen LogP contribution in [0.5, 0.6) is 11.6 Å². The number of halogens is 1. The van der Waals surface area contributed by atoms with Crippen LogP contribution in [-0.4, -0.2) is 18.1 Å². The SMILES string of the molecule is COC(=O)c1ccnc(Oc2ccccc2I)c1N. The van der Waals surface area contributed by atoms with Crippen LogP contribution in [0.3, 0.4) is 0 Å². The van der Waals surface area contributed by atoms with Crippen molar-refractivity contribution in [1.29, 1.82) is 0 Å². The molecule has 0 unspecified atom stereocenters. The van der Waals surface area contributed by atoms with E-state index < -0.39 is 5.97 Å². The number of nitrogens with zero attached hydrogens (tertiary/aromatic N) is 1. The van der Waals surface area contributed by atoms with Gasteiger partial charge in [0, 0.05) is 6.20 Å². The predicted molar refractivity (Wildman–Crippen MR) is 79.2 cm³/mol. The van der Waals surface area contributed by atoms with Crippen LogP contribution < -0.4 is 10.5 Å². The first-order valence-electron chi connectivity index (χ1n) is 5.38. The van der Waals surface area contributed by atoms with E-state index in [4.69, 9.17) is 10.5 Å². The lowest BCUT2D eigenvalue weighted by Gasteiger charge is -2.10. The van der Waals surface area contributed by atoms with Gasteiger partial charge in [-0.2, -0.15) is 0 Å². The number of nitrogen functional groups attached to an aromatic ring is 1. The lowest BCUT2D eigenvalue weighted by molar-refractivity contribution is 0.0601.